The van der Waals surface area contributed by atoms with Crippen LogP contribution in [-0.2, 0) is 4.79 Å². The molecule has 19 heavy (non-hydrogen) atoms. The van der Waals surface area contributed by atoms with E-state index in [0.29, 0.717) is 16.5 Å². The number of carbonyl (C=O) groups is 1. The van der Waals surface area contributed by atoms with Gasteiger partial charge in [-0.25, -0.2) is 0 Å². The average Bonchev–Trinajstić information content (AvgIpc) is 2.66. The molecule has 1 amide bonds. The van der Waals surface area contributed by atoms with Crippen molar-refractivity contribution in [1.29, 1.82) is 0 Å². The van der Waals surface area contributed by atoms with Gasteiger partial charge in [-0.1, -0.05) is 24.4 Å². The number of hydrogen-bond donors (Lipinski definition) is 1. The van der Waals surface area contributed by atoms with Crippen LogP contribution < -0.4 is 10.5 Å². The molecule has 0 aromatic heterocycles. The van der Waals surface area contributed by atoms with E-state index in [1.807, 2.05) is 4.90 Å². The van der Waals surface area contributed by atoms with E-state index < -0.39 is 0 Å². The quantitative estimate of drug-likeness (QED) is 0.867. The Bertz CT molecular complexity index is 443. The number of amides is 1. The lowest BCUT2D eigenvalue weighted by molar-refractivity contribution is -0.133. The first-order valence-corrected chi connectivity index (χ1v) is 7.00. The molecule has 0 unspecified atom stereocenters. The molecule has 1 aliphatic heterocycles. The molecule has 0 radical (unpaired) electrons. The predicted octanol–water partition coefficient (Wildman–Crippen LogP) is 2.70. The number of benzene rings is 1. The molecule has 104 valence electrons. The predicted molar refractivity (Wildman–Crippen MR) is 76.4 cm³/mol. The number of rotatable bonds is 3. The summed E-state index contributed by atoms with van der Waals surface area (Å²) in [5, 5.41) is 0.559. The highest BCUT2D eigenvalue weighted by molar-refractivity contribution is 6.30. The fraction of sp³-hybridized carbons (Fsp3) is 0.500. The van der Waals surface area contributed by atoms with Crippen LogP contribution in [-0.4, -0.2) is 30.5 Å². The molecule has 0 spiro atoms. The monoisotopic (exact) mass is 282 g/mol. The van der Waals surface area contributed by atoms with Crippen molar-refractivity contribution in [3.63, 3.8) is 0 Å². The summed E-state index contributed by atoms with van der Waals surface area (Å²) < 4.78 is 5.47. The van der Waals surface area contributed by atoms with Crippen molar-refractivity contribution >= 4 is 23.2 Å². The molecule has 0 saturated carbocycles. The van der Waals surface area contributed by atoms with E-state index in [2.05, 4.69) is 0 Å². The Hall–Kier alpha value is -1.42. The third-order valence-electron chi connectivity index (χ3n) is 3.28. The van der Waals surface area contributed by atoms with E-state index in [1.54, 1.807) is 18.2 Å². The summed E-state index contributed by atoms with van der Waals surface area (Å²) in [6.07, 6.45) is 4.56. The summed E-state index contributed by atoms with van der Waals surface area (Å²) in [4.78, 5) is 13.9. The summed E-state index contributed by atoms with van der Waals surface area (Å²) in [5.74, 6) is 0.531. The average molecular weight is 283 g/mol. The van der Waals surface area contributed by atoms with Gasteiger partial charge in [-0.15, -0.1) is 0 Å². The number of ether oxygens (including phenoxy) is 1. The minimum Gasteiger partial charge on any atom is -0.482 e. The molecule has 1 aliphatic rings. The SMILES string of the molecule is Nc1cc(Cl)ccc1OCC(=O)N1CCCCCC1. The number of nitrogens with zero attached hydrogens (tertiary/aromatic N) is 1. The summed E-state index contributed by atoms with van der Waals surface area (Å²) in [5.41, 5.74) is 6.23. The lowest BCUT2D eigenvalue weighted by Crippen LogP contribution is -2.35. The second-order valence-corrected chi connectivity index (χ2v) is 5.20. The maximum Gasteiger partial charge on any atom is 0.260 e. The second-order valence-electron chi connectivity index (χ2n) is 4.77. The molecule has 1 aromatic rings. The van der Waals surface area contributed by atoms with Crippen molar-refractivity contribution in [3.05, 3.63) is 23.2 Å². The highest BCUT2D eigenvalue weighted by Crippen LogP contribution is 2.24. The summed E-state index contributed by atoms with van der Waals surface area (Å²) in [6.45, 7) is 1.70. The number of nitrogens with two attached hydrogens (primary N) is 1. The van der Waals surface area contributed by atoms with Gasteiger partial charge < -0.3 is 15.4 Å². The molecule has 5 heteroatoms. The lowest BCUT2D eigenvalue weighted by Gasteiger charge is -2.20. The highest BCUT2D eigenvalue weighted by atomic mass is 35.5. The number of carbonyl (C=O) groups excluding carboxylic acids is 1. The van der Waals surface area contributed by atoms with Crippen LogP contribution in [0, 0.1) is 0 Å². The van der Waals surface area contributed by atoms with E-state index in [0.717, 1.165) is 25.9 Å². The summed E-state index contributed by atoms with van der Waals surface area (Å²) >= 11 is 5.81. The van der Waals surface area contributed by atoms with Crippen LogP contribution in [0.2, 0.25) is 5.02 Å². The fourth-order valence-corrected chi connectivity index (χ4v) is 2.38. The molecule has 1 fully saturated rings. The number of nitrogen functional groups attached to an aromatic ring is 1. The van der Waals surface area contributed by atoms with Gasteiger partial charge in [-0.3, -0.25) is 4.79 Å². The van der Waals surface area contributed by atoms with Gasteiger partial charge in [0.25, 0.3) is 5.91 Å². The minimum absolute atomic E-state index is 0.0243. The third kappa shape index (κ3) is 4.03. The van der Waals surface area contributed by atoms with Crippen molar-refractivity contribution < 1.29 is 9.53 Å². The first-order valence-electron chi connectivity index (χ1n) is 6.62. The molecule has 1 aromatic carbocycles. The lowest BCUT2D eigenvalue weighted by atomic mass is 10.2. The zero-order valence-electron chi connectivity index (χ0n) is 10.9. The Morgan fingerprint density at radius 3 is 2.58 bits per heavy atom. The topological polar surface area (TPSA) is 55.6 Å². The fourth-order valence-electron chi connectivity index (χ4n) is 2.20. The normalized spacial score (nSPS) is 15.9. The van der Waals surface area contributed by atoms with Crippen LogP contribution in [0.15, 0.2) is 18.2 Å². The Balaban J connectivity index is 1.88. The van der Waals surface area contributed by atoms with Crippen LogP contribution in [0.1, 0.15) is 25.7 Å². The zero-order chi connectivity index (χ0) is 13.7. The van der Waals surface area contributed by atoms with Crippen LogP contribution in [0.3, 0.4) is 0 Å². The largest absolute Gasteiger partial charge is 0.482 e. The van der Waals surface area contributed by atoms with Crippen molar-refractivity contribution in [2.75, 3.05) is 25.4 Å². The van der Waals surface area contributed by atoms with Gasteiger partial charge in [0.15, 0.2) is 6.61 Å². The second kappa shape index (κ2) is 6.66. The molecule has 2 rings (SSSR count). The minimum atomic E-state index is 0.0243. The third-order valence-corrected chi connectivity index (χ3v) is 3.52. The maximum atomic E-state index is 12.0. The van der Waals surface area contributed by atoms with E-state index in [1.165, 1.54) is 12.8 Å². The zero-order valence-corrected chi connectivity index (χ0v) is 11.7. The highest BCUT2D eigenvalue weighted by Gasteiger charge is 2.16. The Morgan fingerprint density at radius 2 is 1.95 bits per heavy atom. The van der Waals surface area contributed by atoms with Crippen molar-refractivity contribution in [1.82, 2.24) is 4.90 Å². The summed E-state index contributed by atoms with van der Waals surface area (Å²) in [7, 11) is 0. The smallest absolute Gasteiger partial charge is 0.260 e. The van der Waals surface area contributed by atoms with Crippen LogP contribution >= 0.6 is 11.6 Å². The Labute approximate surface area is 118 Å². The molecular weight excluding hydrogens is 264 g/mol. The number of likely N-dealkylation sites (tertiary alicyclic amines) is 1. The number of halogens is 1. The molecule has 0 bridgehead atoms. The van der Waals surface area contributed by atoms with Crippen molar-refractivity contribution in [2.24, 2.45) is 0 Å². The first-order chi connectivity index (χ1) is 9.16. The molecule has 1 heterocycles. The van der Waals surface area contributed by atoms with Crippen molar-refractivity contribution in [3.8, 4) is 5.75 Å². The first kappa shape index (κ1) is 14.0. The molecular formula is C14H19ClN2O2. The van der Waals surface area contributed by atoms with Gasteiger partial charge in [-0.05, 0) is 31.0 Å². The molecule has 0 aliphatic carbocycles. The number of hydrogen-bond acceptors (Lipinski definition) is 3. The molecule has 1 saturated heterocycles. The van der Waals surface area contributed by atoms with Gasteiger partial charge in [0.05, 0.1) is 5.69 Å². The van der Waals surface area contributed by atoms with E-state index in [-0.39, 0.29) is 12.5 Å². The van der Waals surface area contributed by atoms with Crippen molar-refractivity contribution in [2.45, 2.75) is 25.7 Å². The molecule has 0 atom stereocenters. The van der Waals surface area contributed by atoms with Crippen LogP contribution in [0.4, 0.5) is 5.69 Å². The van der Waals surface area contributed by atoms with E-state index in [9.17, 15) is 4.79 Å². The van der Waals surface area contributed by atoms with Gasteiger partial charge >= 0.3 is 0 Å². The molecule has 4 nitrogen and oxygen atoms in total. The summed E-state index contributed by atoms with van der Waals surface area (Å²) in [6, 6.07) is 5.00. The van der Waals surface area contributed by atoms with Gasteiger partial charge in [0.1, 0.15) is 5.75 Å². The van der Waals surface area contributed by atoms with Gasteiger partial charge in [0.2, 0.25) is 0 Å². The van der Waals surface area contributed by atoms with E-state index >= 15 is 0 Å². The Kier molecular flexibility index (Phi) is 4.91. The van der Waals surface area contributed by atoms with Crippen LogP contribution in [0.25, 0.3) is 0 Å². The Morgan fingerprint density at radius 1 is 1.26 bits per heavy atom. The van der Waals surface area contributed by atoms with E-state index in [4.69, 9.17) is 22.1 Å². The van der Waals surface area contributed by atoms with Crippen LogP contribution in [0.5, 0.6) is 5.75 Å². The number of anilines is 1. The van der Waals surface area contributed by atoms with Gasteiger partial charge in [0, 0.05) is 18.1 Å². The standard InChI is InChI=1S/C14H19ClN2O2/c15-11-5-6-13(12(16)9-11)19-10-14(18)17-7-3-1-2-4-8-17/h5-6,9H,1-4,7-8,10,16H2. The van der Waals surface area contributed by atoms with Gasteiger partial charge in [-0.2, -0.15) is 0 Å². The maximum absolute atomic E-state index is 12.0. The molecule has 2 N–H and O–H groups in total.